The maximum absolute atomic E-state index is 12.9. The minimum atomic E-state index is -3.95. The highest BCUT2D eigenvalue weighted by Crippen LogP contribution is 2.39. The van der Waals surface area contributed by atoms with E-state index in [1.807, 2.05) is 6.92 Å². The van der Waals surface area contributed by atoms with Crippen LogP contribution in [-0.4, -0.2) is 28.5 Å². The Hall–Kier alpha value is -2.26. The molecule has 3 rings (SSSR count). The van der Waals surface area contributed by atoms with E-state index in [2.05, 4.69) is 26.0 Å². The predicted molar refractivity (Wildman–Crippen MR) is 110 cm³/mol. The Labute approximate surface area is 172 Å². The summed E-state index contributed by atoms with van der Waals surface area (Å²) in [6, 6.07) is 9.37. The van der Waals surface area contributed by atoms with Crippen LogP contribution < -0.4 is 19.5 Å². The Bertz CT molecular complexity index is 1010. The van der Waals surface area contributed by atoms with Gasteiger partial charge in [-0.05, 0) is 64.7 Å². The fourth-order valence-corrected chi connectivity index (χ4v) is 4.61. The molecule has 0 spiro atoms. The lowest BCUT2D eigenvalue weighted by Crippen LogP contribution is -2.17. The molecule has 1 aliphatic carbocycles. The Morgan fingerprint density at radius 3 is 2.25 bits per heavy atom. The van der Waals surface area contributed by atoms with Gasteiger partial charge in [-0.1, -0.05) is 6.92 Å². The number of benzene rings is 2. The largest absolute Gasteiger partial charge is 0.496 e. The summed E-state index contributed by atoms with van der Waals surface area (Å²) in [4.78, 5) is 12.1. The fourth-order valence-electron chi connectivity index (χ4n) is 2.83. The highest BCUT2D eigenvalue weighted by Gasteiger charge is 2.39. The quantitative estimate of drug-likeness (QED) is 0.643. The van der Waals surface area contributed by atoms with Crippen molar-refractivity contribution in [2.75, 3.05) is 24.3 Å². The molecular weight excluding hydrogens is 448 g/mol. The Kier molecular flexibility index (Phi) is 5.85. The minimum absolute atomic E-state index is 0.0167. The van der Waals surface area contributed by atoms with Crippen LogP contribution >= 0.6 is 15.9 Å². The molecule has 1 fully saturated rings. The minimum Gasteiger partial charge on any atom is -0.496 e. The number of carbonyl (C=O) groups is 1. The van der Waals surface area contributed by atoms with Crippen molar-refractivity contribution in [1.82, 2.24) is 0 Å². The zero-order valence-electron chi connectivity index (χ0n) is 15.7. The number of ether oxygens (including phenoxy) is 2. The third-order valence-corrected chi connectivity index (χ3v) is 6.59. The van der Waals surface area contributed by atoms with Crippen molar-refractivity contribution in [3.8, 4) is 11.5 Å². The van der Waals surface area contributed by atoms with E-state index in [1.54, 1.807) is 24.3 Å². The van der Waals surface area contributed by atoms with Crippen molar-refractivity contribution in [3.05, 3.63) is 40.9 Å². The van der Waals surface area contributed by atoms with Crippen molar-refractivity contribution in [2.45, 2.75) is 18.2 Å². The van der Waals surface area contributed by atoms with E-state index in [1.165, 1.54) is 26.4 Å². The summed E-state index contributed by atoms with van der Waals surface area (Å²) < 4.78 is 39.4. The second-order valence-electron chi connectivity index (χ2n) is 6.63. The molecule has 28 heavy (non-hydrogen) atoms. The first-order valence-corrected chi connectivity index (χ1v) is 10.9. The van der Waals surface area contributed by atoms with Crippen LogP contribution in [0, 0.1) is 11.8 Å². The van der Waals surface area contributed by atoms with Crippen LogP contribution in [0.25, 0.3) is 0 Å². The highest BCUT2D eigenvalue weighted by atomic mass is 79.9. The summed E-state index contributed by atoms with van der Waals surface area (Å²) in [5, 5.41) is 2.78. The molecule has 7 nitrogen and oxygen atoms in total. The van der Waals surface area contributed by atoms with Gasteiger partial charge in [0.1, 0.15) is 16.4 Å². The van der Waals surface area contributed by atoms with E-state index in [0.29, 0.717) is 27.5 Å². The molecule has 1 aliphatic rings. The normalized spacial score (nSPS) is 18.3. The smallest absolute Gasteiger partial charge is 0.265 e. The summed E-state index contributed by atoms with van der Waals surface area (Å²) in [6.07, 6.45) is 0.848. The highest BCUT2D eigenvalue weighted by molar-refractivity contribution is 9.10. The van der Waals surface area contributed by atoms with E-state index < -0.39 is 10.0 Å². The van der Waals surface area contributed by atoms with Gasteiger partial charge < -0.3 is 14.8 Å². The number of halogens is 1. The lowest BCUT2D eigenvalue weighted by Gasteiger charge is -2.14. The first-order valence-electron chi connectivity index (χ1n) is 8.60. The van der Waals surface area contributed by atoms with Crippen LogP contribution in [0.5, 0.6) is 11.5 Å². The number of rotatable bonds is 7. The molecule has 0 aromatic heterocycles. The van der Waals surface area contributed by atoms with E-state index in [0.717, 1.165) is 6.42 Å². The van der Waals surface area contributed by atoms with E-state index in [9.17, 15) is 13.2 Å². The molecule has 0 heterocycles. The average molecular weight is 469 g/mol. The van der Waals surface area contributed by atoms with Gasteiger partial charge in [-0.2, -0.15) is 0 Å². The Morgan fingerprint density at radius 2 is 1.68 bits per heavy atom. The van der Waals surface area contributed by atoms with Gasteiger partial charge in [0.25, 0.3) is 10.0 Å². The van der Waals surface area contributed by atoms with Crippen molar-refractivity contribution < 1.29 is 22.7 Å². The van der Waals surface area contributed by atoms with Crippen LogP contribution in [0.4, 0.5) is 11.4 Å². The molecule has 9 heteroatoms. The molecule has 1 saturated carbocycles. The summed E-state index contributed by atoms with van der Waals surface area (Å²) >= 11 is 3.33. The number of hydrogen-bond donors (Lipinski definition) is 2. The van der Waals surface area contributed by atoms with Gasteiger partial charge in [0.05, 0.1) is 24.4 Å². The predicted octanol–water partition coefficient (Wildman–Crippen LogP) is 3.86. The third kappa shape index (κ3) is 4.41. The molecule has 0 aliphatic heterocycles. The van der Waals surface area contributed by atoms with Gasteiger partial charge in [-0.25, -0.2) is 8.42 Å². The van der Waals surface area contributed by atoms with E-state index in [4.69, 9.17) is 9.47 Å². The van der Waals surface area contributed by atoms with Gasteiger partial charge in [-0.3, -0.25) is 9.52 Å². The summed E-state index contributed by atoms with van der Waals surface area (Å²) in [6.45, 7) is 2.01. The maximum atomic E-state index is 12.9. The molecule has 2 aromatic carbocycles. The third-order valence-electron chi connectivity index (χ3n) is 4.57. The molecule has 0 unspecified atom stereocenters. The number of methoxy groups -OCH3 is 2. The Balaban J connectivity index is 1.87. The van der Waals surface area contributed by atoms with E-state index >= 15 is 0 Å². The first kappa shape index (κ1) is 20.5. The fraction of sp³-hybridized carbons (Fsp3) is 0.316. The number of carbonyl (C=O) groups excluding carboxylic acids is 1. The Morgan fingerprint density at radius 1 is 1.07 bits per heavy atom. The summed E-state index contributed by atoms with van der Waals surface area (Å²) in [5.74, 6) is 0.999. The van der Waals surface area contributed by atoms with Crippen LogP contribution in [0.15, 0.2) is 45.8 Å². The molecule has 150 valence electrons. The second-order valence-corrected chi connectivity index (χ2v) is 9.13. The van der Waals surface area contributed by atoms with Gasteiger partial charge in [0.2, 0.25) is 5.91 Å². The molecule has 0 bridgehead atoms. The number of hydrogen-bond acceptors (Lipinski definition) is 5. The molecule has 0 saturated heterocycles. The summed E-state index contributed by atoms with van der Waals surface area (Å²) in [7, 11) is -1.04. The van der Waals surface area contributed by atoms with Gasteiger partial charge in [0.15, 0.2) is 0 Å². The number of sulfonamides is 1. The lowest BCUT2D eigenvalue weighted by molar-refractivity contribution is -0.117. The molecule has 2 atom stereocenters. The standard InChI is InChI=1S/C19H21BrN2O5S/c1-11-8-14(11)19(23)21-12-4-7-17(27-3)18(10-12)28(24,25)22-13-5-6-16(26-2)15(20)9-13/h4-7,9-11,14,22H,8H2,1-3H3,(H,21,23)/t11-,14+/m1/s1. The number of amides is 1. The first-order chi connectivity index (χ1) is 13.2. The SMILES string of the molecule is COc1ccc(NS(=O)(=O)c2cc(NC(=O)[C@H]3C[C@H]3C)ccc2OC)cc1Br. The van der Waals surface area contributed by atoms with Gasteiger partial charge >= 0.3 is 0 Å². The maximum Gasteiger partial charge on any atom is 0.265 e. The van der Waals surface area contributed by atoms with Crippen LogP contribution in [0.1, 0.15) is 13.3 Å². The second kappa shape index (κ2) is 8.00. The van der Waals surface area contributed by atoms with Crippen molar-refractivity contribution in [1.29, 1.82) is 0 Å². The zero-order chi connectivity index (χ0) is 20.5. The van der Waals surface area contributed by atoms with Crippen LogP contribution in [0.2, 0.25) is 0 Å². The van der Waals surface area contributed by atoms with Gasteiger partial charge in [0, 0.05) is 11.6 Å². The number of anilines is 2. The average Bonchev–Trinajstić information content (AvgIpc) is 3.38. The topological polar surface area (TPSA) is 93.7 Å². The summed E-state index contributed by atoms with van der Waals surface area (Å²) in [5.41, 5.74) is 0.761. The van der Waals surface area contributed by atoms with Crippen LogP contribution in [-0.2, 0) is 14.8 Å². The van der Waals surface area contributed by atoms with Crippen molar-refractivity contribution in [2.24, 2.45) is 11.8 Å². The van der Waals surface area contributed by atoms with Crippen LogP contribution in [0.3, 0.4) is 0 Å². The molecule has 1 amide bonds. The molecule has 0 radical (unpaired) electrons. The lowest BCUT2D eigenvalue weighted by atomic mass is 10.2. The molecule has 2 N–H and O–H groups in total. The zero-order valence-corrected chi connectivity index (χ0v) is 18.1. The molecule has 2 aromatic rings. The van der Waals surface area contributed by atoms with Crippen molar-refractivity contribution in [3.63, 3.8) is 0 Å². The van der Waals surface area contributed by atoms with Gasteiger partial charge in [-0.15, -0.1) is 0 Å². The van der Waals surface area contributed by atoms with Crippen molar-refractivity contribution >= 4 is 43.2 Å². The number of nitrogens with one attached hydrogen (secondary N) is 2. The molecular formula is C19H21BrN2O5S. The monoisotopic (exact) mass is 468 g/mol. The van der Waals surface area contributed by atoms with E-state index in [-0.39, 0.29) is 22.5 Å².